The highest BCUT2D eigenvalue weighted by atomic mass is 16.2. The van der Waals surface area contributed by atoms with Crippen LogP contribution in [0, 0.1) is 0 Å². The predicted molar refractivity (Wildman–Crippen MR) is 106 cm³/mol. The van der Waals surface area contributed by atoms with Gasteiger partial charge in [0.15, 0.2) is 11.5 Å². The van der Waals surface area contributed by atoms with Crippen LogP contribution < -0.4 is 10.2 Å². The largest absolute Gasteiger partial charge is 0.345 e. The minimum Gasteiger partial charge on any atom is -0.345 e. The first-order chi connectivity index (χ1) is 12.8. The lowest BCUT2D eigenvalue weighted by Crippen LogP contribution is -2.42. The Labute approximate surface area is 160 Å². The lowest BCUT2D eigenvalue weighted by molar-refractivity contribution is 0.0903. The smallest absolute Gasteiger partial charge is 0.287 e. The van der Waals surface area contributed by atoms with Gasteiger partial charge in [-0.25, -0.2) is 4.98 Å². The molecule has 2 heterocycles. The van der Waals surface area contributed by atoms with Crippen LogP contribution in [0.1, 0.15) is 67.3 Å². The van der Waals surface area contributed by atoms with Gasteiger partial charge >= 0.3 is 0 Å². The lowest BCUT2D eigenvalue weighted by atomic mass is 10.1. The van der Waals surface area contributed by atoms with E-state index in [1.807, 2.05) is 62.6 Å². The number of fused-ring (bicyclic) bond motifs is 1. The quantitative estimate of drug-likeness (QED) is 0.899. The number of nitrogens with one attached hydrogen (secondary N) is 1. The van der Waals surface area contributed by atoms with Crippen LogP contribution in [-0.2, 0) is 13.0 Å². The van der Waals surface area contributed by atoms with E-state index in [0.29, 0.717) is 18.1 Å². The van der Waals surface area contributed by atoms with E-state index in [1.54, 1.807) is 4.90 Å². The average molecular weight is 368 g/mol. The third kappa shape index (κ3) is 4.04. The topological polar surface area (TPSA) is 67.2 Å². The van der Waals surface area contributed by atoms with E-state index in [-0.39, 0.29) is 17.4 Å². The van der Waals surface area contributed by atoms with E-state index in [0.717, 1.165) is 37.2 Å². The maximum atomic E-state index is 13.3. The van der Waals surface area contributed by atoms with Crippen LogP contribution >= 0.6 is 0 Å². The van der Waals surface area contributed by atoms with E-state index >= 15 is 0 Å². The van der Waals surface area contributed by atoms with Crippen molar-refractivity contribution in [3.8, 4) is 0 Å². The maximum absolute atomic E-state index is 13.3. The molecular weight excluding hydrogens is 340 g/mol. The Bertz CT molecular complexity index is 834. The molecule has 1 aliphatic rings. The normalized spacial score (nSPS) is 13.8. The Kier molecular flexibility index (Phi) is 5.35. The molecule has 2 aromatic rings. The van der Waals surface area contributed by atoms with Crippen LogP contribution in [0.25, 0.3) is 0 Å². The molecule has 1 aromatic heterocycles. The molecule has 1 aromatic carbocycles. The van der Waals surface area contributed by atoms with Crippen molar-refractivity contribution in [3.63, 3.8) is 0 Å². The molecule has 0 aliphatic carbocycles. The molecule has 6 heteroatoms. The number of amides is 2. The Morgan fingerprint density at radius 1 is 1.19 bits per heavy atom. The maximum Gasteiger partial charge on any atom is 0.287 e. The van der Waals surface area contributed by atoms with Crippen LogP contribution in [0.2, 0.25) is 0 Å². The third-order valence-corrected chi connectivity index (χ3v) is 4.64. The predicted octanol–water partition coefficient (Wildman–Crippen LogP) is 3.41. The number of benzene rings is 1. The second kappa shape index (κ2) is 7.55. The van der Waals surface area contributed by atoms with Gasteiger partial charge in [-0.05, 0) is 59.1 Å². The highest BCUT2D eigenvalue weighted by molar-refractivity contribution is 6.06. The van der Waals surface area contributed by atoms with E-state index in [1.165, 1.54) is 0 Å². The summed E-state index contributed by atoms with van der Waals surface area (Å²) >= 11 is 0. The molecule has 1 aliphatic heterocycles. The molecule has 0 saturated carbocycles. The van der Waals surface area contributed by atoms with Gasteiger partial charge in [-0.1, -0.05) is 18.2 Å². The van der Waals surface area contributed by atoms with Crippen molar-refractivity contribution in [1.29, 1.82) is 0 Å². The standard InChI is InChI=1S/C21H28N4O2/c1-5-24(15-11-7-6-8-12-15)20(27)17-16-13-9-10-14-25(16)18(22-17)19(26)23-21(2,3)4/h6-8,11-12H,5,9-10,13-14H2,1-4H3,(H,23,26). The van der Waals surface area contributed by atoms with Gasteiger partial charge in [-0.3, -0.25) is 9.59 Å². The summed E-state index contributed by atoms with van der Waals surface area (Å²) < 4.78 is 1.93. The van der Waals surface area contributed by atoms with Crippen molar-refractivity contribution in [2.75, 3.05) is 11.4 Å². The van der Waals surface area contributed by atoms with Gasteiger partial charge in [-0.2, -0.15) is 0 Å². The van der Waals surface area contributed by atoms with E-state index < -0.39 is 0 Å². The summed E-state index contributed by atoms with van der Waals surface area (Å²) in [5.41, 5.74) is 1.75. The van der Waals surface area contributed by atoms with Crippen LogP contribution in [0.5, 0.6) is 0 Å². The zero-order valence-corrected chi connectivity index (χ0v) is 16.6. The first-order valence-corrected chi connectivity index (χ1v) is 9.60. The molecule has 0 saturated heterocycles. The van der Waals surface area contributed by atoms with Crippen LogP contribution in [0.3, 0.4) is 0 Å². The Morgan fingerprint density at radius 3 is 2.52 bits per heavy atom. The van der Waals surface area contributed by atoms with Crippen molar-refractivity contribution < 1.29 is 9.59 Å². The first kappa shape index (κ1) is 19.1. The van der Waals surface area contributed by atoms with Crippen LogP contribution in [0.15, 0.2) is 30.3 Å². The van der Waals surface area contributed by atoms with Gasteiger partial charge < -0.3 is 14.8 Å². The van der Waals surface area contributed by atoms with Crippen molar-refractivity contribution in [2.45, 2.75) is 59.0 Å². The average Bonchev–Trinajstić information content (AvgIpc) is 3.01. The molecule has 1 N–H and O–H groups in total. The second-order valence-electron chi connectivity index (χ2n) is 7.93. The minimum absolute atomic E-state index is 0.149. The van der Waals surface area contributed by atoms with Crippen molar-refractivity contribution in [3.05, 3.63) is 47.5 Å². The number of imidazole rings is 1. The summed E-state index contributed by atoms with van der Waals surface area (Å²) in [4.78, 5) is 32.3. The van der Waals surface area contributed by atoms with Gasteiger partial charge in [0.05, 0.1) is 5.69 Å². The van der Waals surface area contributed by atoms with Gasteiger partial charge in [0.25, 0.3) is 11.8 Å². The summed E-state index contributed by atoms with van der Waals surface area (Å²) in [6.07, 6.45) is 2.76. The summed E-state index contributed by atoms with van der Waals surface area (Å²) in [6, 6.07) is 9.58. The highest BCUT2D eigenvalue weighted by Gasteiger charge is 2.31. The van der Waals surface area contributed by atoms with Crippen molar-refractivity contribution >= 4 is 17.5 Å². The van der Waals surface area contributed by atoms with Gasteiger partial charge in [0.1, 0.15) is 0 Å². The van der Waals surface area contributed by atoms with Crippen LogP contribution in [-0.4, -0.2) is 33.4 Å². The molecule has 3 rings (SSSR count). The number of rotatable bonds is 4. The fourth-order valence-corrected chi connectivity index (χ4v) is 3.46. The number of para-hydroxylation sites is 1. The SMILES string of the molecule is CCN(C(=O)c1nc(C(=O)NC(C)(C)C)n2c1CCCC2)c1ccccc1. The monoisotopic (exact) mass is 368 g/mol. The first-order valence-electron chi connectivity index (χ1n) is 9.60. The van der Waals surface area contributed by atoms with Gasteiger partial charge in [-0.15, -0.1) is 0 Å². The van der Waals surface area contributed by atoms with E-state index in [2.05, 4.69) is 10.3 Å². The Morgan fingerprint density at radius 2 is 1.89 bits per heavy atom. The molecule has 0 unspecified atom stereocenters. The molecule has 6 nitrogen and oxygen atoms in total. The third-order valence-electron chi connectivity index (χ3n) is 4.64. The van der Waals surface area contributed by atoms with Gasteiger partial charge in [0.2, 0.25) is 0 Å². The molecule has 2 amide bonds. The molecule has 0 radical (unpaired) electrons. The van der Waals surface area contributed by atoms with Crippen molar-refractivity contribution in [1.82, 2.24) is 14.9 Å². The number of hydrogen-bond acceptors (Lipinski definition) is 3. The highest BCUT2D eigenvalue weighted by Crippen LogP contribution is 2.24. The summed E-state index contributed by atoms with van der Waals surface area (Å²) in [6.45, 7) is 9.01. The molecule has 27 heavy (non-hydrogen) atoms. The molecule has 0 bridgehead atoms. The molecule has 0 atom stereocenters. The molecule has 0 fully saturated rings. The molecule has 0 spiro atoms. The number of aromatic nitrogens is 2. The summed E-state index contributed by atoms with van der Waals surface area (Å²) in [5.74, 6) is -0.0382. The summed E-state index contributed by atoms with van der Waals surface area (Å²) in [7, 11) is 0. The second-order valence-corrected chi connectivity index (χ2v) is 7.93. The number of anilines is 1. The van der Waals surface area contributed by atoms with E-state index in [9.17, 15) is 9.59 Å². The number of carbonyl (C=O) groups excluding carboxylic acids is 2. The van der Waals surface area contributed by atoms with Gasteiger partial charge in [0, 0.05) is 24.3 Å². The number of carbonyl (C=O) groups is 2. The number of nitrogens with zero attached hydrogens (tertiary/aromatic N) is 3. The zero-order valence-electron chi connectivity index (χ0n) is 16.6. The van der Waals surface area contributed by atoms with Crippen molar-refractivity contribution in [2.24, 2.45) is 0 Å². The molecule has 144 valence electrons. The molecular formula is C21H28N4O2. The lowest BCUT2D eigenvalue weighted by Gasteiger charge is -2.22. The fraction of sp³-hybridized carbons (Fsp3) is 0.476. The Hall–Kier alpha value is -2.63. The minimum atomic E-state index is -0.359. The summed E-state index contributed by atoms with van der Waals surface area (Å²) in [5, 5.41) is 2.97. The Balaban J connectivity index is 2.00. The van der Waals surface area contributed by atoms with Crippen LogP contribution in [0.4, 0.5) is 5.69 Å². The van der Waals surface area contributed by atoms with E-state index in [4.69, 9.17) is 0 Å². The number of hydrogen-bond donors (Lipinski definition) is 1. The fourth-order valence-electron chi connectivity index (χ4n) is 3.46. The zero-order chi connectivity index (χ0) is 19.6.